The van der Waals surface area contributed by atoms with Gasteiger partial charge in [-0.3, -0.25) is 4.79 Å². The minimum Gasteiger partial charge on any atom is -0.491 e. The zero-order valence-electron chi connectivity index (χ0n) is 19.7. The summed E-state index contributed by atoms with van der Waals surface area (Å²) >= 11 is 0. The van der Waals surface area contributed by atoms with Gasteiger partial charge in [0.15, 0.2) is 11.6 Å². The highest BCUT2D eigenvalue weighted by atomic mass is 19.1. The van der Waals surface area contributed by atoms with Gasteiger partial charge in [-0.1, -0.05) is 64.2 Å². The molecule has 0 fully saturated rings. The first-order chi connectivity index (χ1) is 15.5. The largest absolute Gasteiger partial charge is 0.491 e. The van der Waals surface area contributed by atoms with Gasteiger partial charge in [0, 0.05) is 6.42 Å². The topological polar surface area (TPSA) is 44.8 Å². The Morgan fingerprint density at radius 1 is 0.875 bits per heavy atom. The minimum absolute atomic E-state index is 0.208. The fourth-order valence-electron chi connectivity index (χ4n) is 3.34. The molecular weight excluding hydrogens is 407 g/mol. The maximum absolute atomic E-state index is 14.5. The minimum atomic E-state index is -0.350. The molecule has 176 valence electrons. The standard InChI is InChI=1S/C27H37FO4/c1-4-6-7-8-9-10-18-30-26-17-14-23(19-25(26)28)22-12-15-24(16-13-22)31-20-21(3)32-27(29)11-5-2/h12-17,19,21H,4-11,18,20H2,1-3H3. The maximum atomic E-state index is 14.5. The summed E-state index contributed by atoms with van der Waals surface area (Å²) in [6, 6.07) is 12.5. The Balaban J connectivity index is 1.80. The third kappa shape index (κ3) is 9.29. The van der Waals surface area contributed by atoms with E-state index in [0.29, 0.717) is 24.5 Å². The van der Waals surface area contributed by atoms with Crippen molar-refractivity contribution in [2.24, 2.45) is 0 Å². The first-order valence-corrected chi connectivity index (χ1v) is 11.9. The van der Waals surface area contributed by atoms with Crippen LogP contribution in [0.1, 0.15) is 72.1 Å². The van der Waals surface area contributed by atoms with Crippen molar-refractivity contribution < 1.29 is 23.4 Å². The molecule has 1 unspecified atom stereocenters. The van der Waals surface area contributed by atoms with E-state index in [-0.39, 0.29) is 24.5 Å². The van der Waals surface area contributed by atoms with Crippen LogP contribution >= 0.6 is 0 Å². The van der Waals surface area contributed by atoms with Crippen molar-refractivity contribution >= 4 is 5.97 Å². The summed E-state index contributed by atoms with van der Waals surface area (Å²) < 4.78 is 31.1. The van der Waals surface area contributed by atoms with Crippen LogP contribution < -0.4 is 9.47 Å². The quantitative estimate of drug-likeness (QED) is 0.213. The van der Waals surface area contributed by atoms with Crippen LogP contribution in [0.2, 0.25) is 0 Å². The molecule has 0 saturated carbocycles. The summed E-state index contributed by atoms with van der Waals surface area (Å²) in [5.74, 6) is 0.414. The summed E-state index contributed by atoms with van der Waals surface area (Å²) in [7, 11) is 0. The van der Waals surface area contributed by atoms with E-state index in [4.69, 9.17) is 14.2 Å². The van der Waals surface area contributed by atoms with Gasteiger partial charge in [-0.05, 0) is 55.2 Å². The first-order valence-electron chi connectivity index (χ1n) is 11.9. The SMILES string of the molecule is CCCCCCCCOc1ccc(-c2ccc(OCC(C)OC(=O)CCC)cc2)cc1F. The molecule has 0 aliphatic carbocycles. The molecule has 2 aromatic rings. The van der Waals surface area contributed by atoms with Crippen LogP contribution in [0.25, 0.3) is 11.1 Å². The van der Waals surface area contributed by atoms with Crippen molar-refractivity contribution in [3.05, 3.63) is 48.3 Å². The molecule has 32 heavy (non-hydrogen) atoms. The van der Waals surface area contributed by atoms with Crippen molar-refractivity contribution in [3.8, 4) is 22.6 Å². The number of esters is 1. The Hall–Kier alpha value is -2.56. The Labute approximate surface area is 192 Å². The molecule has 0 aliphatic rings. The normalized spacial score (nSPS) is 11.8. The molecule has 5 heteroatoms. The predicted molar refractivity (Wildman–Crippen MR) is 127 cm³/mol. The second-order valence-electron chi connectivity index (χ2n) is 8.15. The van der Waals surface area contributed by atoms with E-state index in [2.05, 4.69) is 6.92 Å². The van der Waals surface area contributed by atoms with E-state index >= 15 is 0 Å². The lowest BCUT2D eigenvalue weighted by Gasteiger charge is -2.14. The average Bonchev–Trinajstić information content (AvgIpc) is 2.78. The fraction of sp³-hybridized carbons (Fsp3) is 0.519. The first kappa shape index (κ1) is 25.7. The van der Waals surface area contributed by atoms with Crippen molar-refractivity contribution in [1.82, 2.24) is 0 Å². The second-order valence-corrected chi connectivity index (χ2v) is 8.15. The van der Waals surface area contributed by atoms with Crippen LogP contribution in [0.4, 0.5) is 4.39 Å². The van der Waals surface area contributed by atoms with Crippen molar-refractivity contribution in [3.63, 3.8) is 0 Å². The monoisotopic (exact) mass is 444 g/mol. The number of carbonyl (C=O) groups is 1. The summed E-state index contributed by atoms with van der Waals surface area (Å²) in [5, 5.41) is 0. The molecule has 2 rings (SSSR count). The number of rotatable bonds is 15. The number of hydrogen-bond acceptors (Lipinski definition) is 4. The number of hydrogen-bond donors (Lipinski definition) is 0. The molecule has 2 aromatic carbocycles. The molecule has 0 heterocycles. The molecule has 0 bridgehead atoms. The molecule has 0 spiro atoms. The predicted octanol–water partition coefficient (Wildman–Crippen LogP) is 7.34. The maximum Gasteiger partial charge on any atom is 0.306 e. The number of halogens is 1. The third-order valence-corrected chi connectivity index (χ3v) is 5.15. The van der Waals surface area contributed by atoms with Gasteiger partial charge in [-0.2, -0.15) is 0 Å². The van der Waals surface area contributed by atoms with Crippen LogP contribution in [0.3, 0.4) is 0 Å². The molecule has 0 aromatic heterocycles. The van der Waals surface area contributed by atoms with Crippen molar-refractivity contribution in [1.29, 1.82) is 0 Å². The Bertz CT molecular complexity index is 804. The number of carbonyl (C=O) groups excluding carboxylic acids is 1. The Morgan fingerprint density at radius 2 is 1.56 bits per heavy atom. The lowest BCUT2D eigenvalue weighted by molar-refractivity contribution is -0.149. The highest BCUT2D eigenvalue weighted by Gasteiger charge is 2.10. The zero-order chi connectivity index (χ0) is 23.2. The van der Waals surface area contributed by atoms with Crippen LogP contribution in [0.15, 0.2) is 42.5 Å². The van der Waals surface area contributed by atoms with Gasteiger partial charge >= 0.3 is 5.97 Å². The van der Waals surface area contributed by atoms with Gasteiger partial charge in [0.05, 0.1) is 6.61 Å². The number of benzene rings is 2. The van der Waals surface area contributed by atoms with Crippen LogP contribution in [0, 0.1) is 5.82 Å². The Kier molecular flexibility index (Phi) is 11.6. The van der Waals surface area contributed by atoms with Crippen molar-refractivity contribution in [2.45, 2.75) is 78.2 Å². The number of unbranched alkanes of at least 4 members (excludes halogenated alkanes) is 5. The van der Waals surface area contributed by atoms with Crippen molar-refractivity contribution in [2.75, 3.05) is 13.2 Å². The highest BCUT2D eigenvalue weighted by molar-refractivity contribution is 5.69. The summed E-state index contributed by atoms with van der Waals surface area (Å²) in [6.45, 7) is 6.77. The van der Waals surface area contributed by atoms with Crippen LogP contribution in [0.5, 0.6) is 11.5 Å². The van der Waals surface area contributed by atoms with Gasteiger partial charge in [0.25, 0.3) is 0 Å². The van der Waals surface area contributed by atoms with E-state index < -0.39 is 0 Å². The van der Waals surface area contributed by atoms with Gasteiger partial charge in [0.1, 0.15) is 18.5 Å². The summed E-state index contributed by atoms with van der Waals surface area (Å²) in [5.41, 5.74) is 1.67. The lowest BCUT2D eigenvalue weighted by atomic mass is 10.1. The lowest BCUT2D eigenvalue weighted by Crippen LogP contribution is -2.21. The van der Waals surface area contributed by atoms with Crippen LogP contribution in [-0.2, 0) is 9.53 Å². The summed E-state index contributed by atoms with van der Waals surface area (Å²) in [4.78, 5) is 11.5. The molecule has 0 saturated heterocycles. The van der Waals surface area contributed by atoms with Gasteiger partial charge in [-0.25, -0.2) is 4.39 Å². The molecule has 4 nitrogen and oxygen atoms in total. The van der Waals surface area contributed by atoms with Gasteiger partial charge in [0.2, 0.25) is 0 Å². The fourth-order valence-corrected chi connectivity index (χ4v) is 3.34. The zero-order valence-corrected chi connectivity index (χ0v) is 19.7. The summed E-state index contributed by atoms with van der Waals surface area (Å²) in [6.07, 6.45) is 7.91. The molecular formula is C27H37FO4. The van der Waals surface area contributed by atoms with Crippen LogP contribution in [-0.4, -0.2) is 25.3 Å². The van der Waals surface area contributed by atoms with E-state index in [1.54, 1.807) is 13.0 Å². The molecule has 1 atom stereocenters. The van der Waals surface area contributed by atoms with Gasteiger partial charge < -0.3 is 14.2 Å². The van der Waals surface area contributed by atoms with E-state index in [0.717, 1.165) is 30.4 Å². The van der Waals surface area contributed by atoms with E-state index in [9.17, 15) is 9.18 Å². The van der Waals surface area contributed by atoms with E-state index in [1.807, 2.05) is 37.3 Å². The average molecular weight is 445 g/mol. The molecule has 0 amide bonds. The molecule has 0 aliphatic heterocycles. The van der Waals surface area contributed by atoms with Gasteiger partial charge in [-0.15, -0.1) is 0 Å². The molecule has 0 N–H and O–H groups in total. The third-order valence-electron chi connectivity index (χ3n) is 5.15. The molecule has 0 radical (unpaired) electrons. The Morgan fingerprint density at radius 3 is 2.25 bits per heavy atom. The van der Waals surface area contributed by atoms with E-state index in [1.165, 1.54) is 31.7 Å². The second kappa shape index (κ2) is 14.5. The highest BCUT2D eigenvalue weighted by Crippen LogP contribution is 2.27. The smallest absolute Gasteiger partial charge is 0.306 e. The number of ether oxygens (including phenoxy) is 3.